The summed E-state index contributed by atoms with van der Waals surface area (Å²) < 4.78 is 31.8. The quantitative estimate of drug-likeness (QED) is 0.258. The highest BCUT2D eigenvalue weighted by Gasteiger charge is 2.37. The van der Waals surface area contributed by atoms with Gasteiger partial charge in [0.2, 0.25) is 0 Å². The molecule has 1 heterocycles. The van der Waals surface area contributed by atoms with Gasteiger partial charge in [-0.15, -0.1) is 6.58 Å². The first-order valence-electron chi connectivity index (χ1n) is 8.37. The molecule has 0 aliphatic carbocycles. The number of benzene rings is 1. The summed E-state index contributed by atoms with van der Waals surface area (Å²) in [6.45, 7) is 7.41. The van der Waals surface area contributed by atoms with E-state index in [2.05, 4.69) is 6.58 Å². The van der Waals surface area contributed by atoms with Gasteiger partial charge in [0, 0.05) is 26.7 Å². The number of methoxy groups -OCH3 is 2. The lowest BCUT2D eigenvalue weighted by atomic mass is 10.1. The van der Waals surface area contributed by atoms with Crippen LogP contribution in [0.2, 0.25) is 0 Å². The van der Waals surface area contributed by atoms with E-state index >= 15 is 0 Å². The second-order valence-corrected chi connectivity index (χ2v) is 6.04. The molecule has 1 aromatic carbocycles. The van der Waals surface area contributed by atoms with E-state index in [1.54, 1.807) is 25.1 Å². The van der Waals surface area contributed by atoms with Gasteiger partial charge < -0.3 is 28.4 Å². The molecule has 0 aromatic heterocycles. The normalized spacial score (nSPS) is 19.5. The van der Waals surface area contributed by atoms with E-state index in [0.717, 1.165) is 0 Å². The summed E-state index contributed by atoms with van der Waals surface area (Å²) in [5.74, 6) is 0.400. The van der Waals surface area contributed by atoms with Crippen LogP contribution in [0.15, 0.2) is 24.8 Å². The van der Waals surface area contributed by atoms with E-state index in [-0.39, 0.29) is 31.9 Å². The van der Waals surface area contributed by atoms with E-state index in [1.807, 2.05) is 6.92 Å². The van der Waals surface area contributed by atoms with Gasteiger partial charge in [0.25, 0.3) is 0 Å². The number of carbonyl (C=O) groups is 1. The molecule has 26 heavy (non-hydrogen) atoms. The molecule has 1 aromatic rings. The van der Waals surface area contributed by atoms with Gasteiger partial charge in [0.05, 0.1) is 6.10 Å². The van der Waals surface area contributed by atoms with Crippen LogP contribution in [0.3, 0.4) is 0 Å². The zero-order chi connectivity index (χ0) is 19.1. The molecule has 0 spiro atoms. The summed E-state index contributed by atoms with van der Waals surface area (Å²) in [6.07, 6.45) is 2.18. The number of aryl methyl sites for hydroxylation is 1. The Morgan fingerprint density at radius 2 is 1.96 bits per heavy atom. The predicted molar refractivity (Wildman–Crippen MR) is 94.5 cm³/mol. The average molecular weight is 366 g/mol. The second kappa shape index (κ2) is 9.56. The minimum Gasteiger partial charge on any atom is -0.467 e. The Balaban J connectivity index is 2.11. The van der Waals surface area contributed by atoms with Crippen molar-refractivity contribution >= 4 is 5.97 Å². The molecule has 0 bridgehead atoms. The Morgan fingerprint density at radius 3 is 2.58 bits per heavy atom. The Hall–Kier alpha value is -2.09. The first kappa shape index (κ1) is 20.2. The van der Waals surface area contributed by atoms with Gasteiger partial charge >= 0.3 is 5.97 Å². The Morgan fingerprint density at radius 1 is 1.27 bits per heavy atom. The molecule has 1 saturated heterocycles. The third kappa shape index (κ3) is 5.45. The number of esters is 1. The minimum absolute atomic E-state index is 0.0000660. The first-order valence-corrected chi connectivity index (χ1v) is 8.37. The summed E-state index contributed by atoms with van der Waals surface area (Å²) in [6, 6.07) is 3.35. The Labute approximate surface area is 153 Å². The van der Waals surface area contributed by atoms with Gasteiger partial charge in [-0.25, -0.2) is 4.79 Å². The van der Waals surface area contributed by atoms with E-state index < -0.39 is 5.97 Å². The zero-order valence-corrected chi connectivity index (χ0v) is 15.7. The van der Waals surface area contributed by atoms with E-state index in [0.29, 0.717) is 29.0 Å². The summed E-state index contributed by atoms with van der Waals surface area (Å²) in [5, 5.41) is 0. The summed E-state index contributed by atoms with van der Waals surface area (Å²) in [4.78, 5) is 12.7. The lowest BCUT2D eigenvalue weighted by Gasteiger charge is -2.17. The fraction of sp³-hybridized carbons (Fsp3) is 0.526. The van der Waals surface area contributed by atoms with E-state index in [1.165, 1.54) is 14.2 Å². The first-order chi connectivity index (χ1) is 12.5. The molecule has 0 amide bonds. The maximum atomic E-state index is 12.7. The number of hydrogen-bond donors (Lipinski definition) is 0. The van der Waals surface area contributed by atoms with Crippen molar-refractivity contribution in [2.75, 3.05) is 27.8 Å². The standard InChI is InChI=1S/C19H26O7/c1-6-15-16(26-15)8-13(3)25-19(20)18-12(2)7-14(23-10-21-4)9-17(18)24-11-22-5/h6-7,9,13,15-16H,1,8,10-11H2,2-5H3/t13-,15-,16+/m1/s1. The average Bonchev–Trinajstić information content (AvgIpc) is 3.35. The number of carbonyl (C=O) groups excluding carboxylic acids is 1. The van der Waals surface area contributed by atoms with Gasteiger partial charge in [0.1, 0.15) is 29.3 Å². The molecule has 7 heteroatoms. The maximum Gasteiger partial charge on any atom is 0.342 e. The zero-order valence-electron chi connectivity index (χ0n) is 15.7. The van der Waals surface area contributed by atoms with Crippen LogP contribution in [0.1, 0.15) is 29.3 Å². The highest BCUT2D eigenvalue weighted by molar-refractivity contribution is 5.94. The van der Waals surface area contributed by atoms with Crippen molar-refractivity contribution in [2.24, 2.45) is 0 Å². The number of ether oxygens (including phenoxy) is 6. The molecular weight excluding hydrogens is 340 g/mol. The maximum absolute atomic E-state index is 12.7. The summed E-state index contributed by atoms with van der Waals surface area (Å²) >= 11 is 0. The highest BCUT2D eigenvalue weighted by atomic mass is 16.7. The fourth-order valence-corrected chi connectivity index (χ4v) is 2.60. The van der Waals surface area contributed by atoms with Crippen molar-refractivity contribution in [3.63, 3.8) is 0 Å². The number of epoxide rings is 1. The molecule has 1 aliphatic rings. The van der Waals surface area contributed by atoms with Crippen molar-refractivity contribution in [3.05, 3.63) is 35.9 Å². The number of hydrogen-bond acceptors (Lipinski definition) is 7. The molecule has 0 saturated carbocycles. The smallest absolute Gasteiger partial charge is 0.342 e. The summed E-state index contributed by atoms with van der Waals surface area (Å²) in [7, 11) is 3.03. The molecule has 144 valence electrons. The molecule has 0 radical (unpaired) electrons. The van der Waals surface area contributed by atoms with Crippen LogP contribution in [0.25, 0.3) is 0 Å². The molecule has 7 nitrogen and oxygen atoms in total. The van der Waals surface area contributed by atoms with Crippen LogP contribution in [0.4, 0.5) is 0 Å². The van der Waals surface area contributed by atoms with Crippen LogP contribution >= 0.6 is 0 Å². The Kier molecular flexibility index (Phi) is 7.44. The predicted octanol–water partition coefficient (Wildman–Crippen LogP) is 2.85. The van der Waals surface area contributed by atoms with Crippen LogP contribution in [-0.4, -0.2) is 52.1 Å². The van der Waals surface area contributed by atoms with Crippen molar-refractivity contribution in [1.82, 2.24) is 0 Å². The third-order valence-corrected chi connectivity index (χ3v) is 3.88. The van der Waals surface area contributed by atoms with Gasteiger partial charge in [-0.2, -0.15) is 0 Å². The van der Waals surface area contributed by atoms with Gasteiger partial charge in [-0.05, 0) is 25.5 Å². The molecule has 1 fully saturated rings. The number of rotatable bonds is 11. The van der Waals surface area contributed by atoms with Crippen molar-refractivity contribution in [2.45, 2.75) is 38.6 Å². The Bertz CT molecular complexity index is 629. The molecule has 0 unspecified atom stereocenters. The van der Waals surface area contributed by atoms with Crippen LogP contribution < -0.4 is 9.47 Å². The van der Waals surface area contributed by atoms with Crippen LogP contribution in [-0.2, 0) is 18.9 Å². The minimum atomic E-state index is -0.463. The van der Waals surface area contributed by atoms with Gasteiger partial charge in [-0.3, -0.25) is 0 Å². The van der Waals surface area contributed by atoms with E-state index in [9.17, 15) is 4.79 Å². The largest absolute Gasteiger partial charge is 0.467 e. The van der Waals surface area contributed by atoms with Crippen molar-refractivity contribution < 1.29 is 33.2 Å². The van der Waals surface area contributed by atoms with Crippen molar-refractivity contribution in [1.29, 1.82) is 0 Å². The highest BCUT2D eigenvalue weighted by Crippen LogP contribution is 2.31. The fourth-order valence-electron chi connectivity index (χ4n) is 2.60. The molecule has 1 aliphatic heterocycles. The second-order valence-electron chi connectivity index (χ2n) is 6.04. The van der Waals surface area contributed by atoms with E-state index in [4.69, 9.17) is 28.4 Å². The lowest BCUT2D eigenvalue weighted by molar-refractivity contribution is 0.0278. The van der Waals surface area contributed by atoms with Crippen LogP contribution in [0.5, 0.6) is 11.5 Å². The third-order valence-electron chi connectivity index (χ3n) is 3.88. The topological polar surface area (TPSA) is 75.8 Å². The SMILES string of the molecule is C=C[C@H]1O[C@H]1C[C@@H](C)OC(=O)c1c(C)cc(OCOC)cc1OCOC. The molecule has 3 atom stereocenters. The van der Waals surface area contributed by atoms with Crippen LogP contribution in [0, 0.1) is 6.92 Å². The molecule has 2 rings (SSSR count). The molecular formula is C19H26O7. The van der Waals surface area contributed by atoms with Gasteiger partial charge in [-0.1, -0.05) is 6.08 Å². The molecule has 0 N–H and O–H groups in total. The van der Waals surface area contributed by atoms with Crippen molar-refractivity contribution in [3.8, 4) is 11.5 Å². The summed E-state index contributed by atoms with van der Waals surface area (Å²) in [5.41, 5.74) is 1.02. The monoisotopic (exact) mass is 366 g/mol. The van der Waals surface area contributed by atoms with Gasteiger partial charge in [0.15, 0.2) is 13.6 Å². The lowest BCUT2D eigenvalue weighted by Crippen LogP contribution is -2.19.